The zero-order valence-corrected chi connectivity index (χ0v) is 13.4. The van der Waals surface area contributed by atoms with Crippen LogP contribution in [0.5, 0.6) is 0 Å². The molecule has 2 aromatic rings. The Kier molecular flexibility index (Phi) is 3.85. The molecule has 7 nitrogen and oxygen atoms in total. The van der Waals surface area contributed by atoms with Gasteiger partial charge in [-0.25, -0.2) is 4.68 Å². The molecule has 1 aromatic carbocycles. The lowest BCUT2D eigenvalue weighted by Gasteiger charge is -2.12. The highest BCUT2D eigenvalue weighted by Crippen LogP contribution is 2.26. The van der Waals surface area contributed by atoms with Crippen LogP contribution in [0.4, 0.5) is 11.6 Å². The van der Waals surface area contributed by atoms with Crippen LogP contribution in [0, 0.1) is 13.8 Å². The summed E-state index contributed by atoms with van der Waals surface area (Å²) in [6, 6.07) is 5.21. The average molecular weight is 313 g/mol. The Hall–Kier alpha value is -2.70. The molecule has 120 valence electrons. The Bertz CT molecular complexity index is 781. The largest absolute Gasteiger partial charge is 0.326 e. The molecule has 0 saturated carbocycles. The molecule has 1 aliphatic rings. The van der Waals surface area contributed by atoms with Gasteiger partial charge in [0, 0.05) is 12.1 Å². The monoisotopic (exact) mass is 313 g/mol. The van der Waals surface area contributed by atoms with Gasteiger partial charge in [0.05, 0.1) is 6.42 Å². The summed E-state index contributed by atoms with van der Waals surface area (Å²) in [5.41, 5.74) is 2.81. The maximum Gasteiger partial charge on any atom is 0.252 e. The lowest BCUT2D eigenvalue weighted by molar-refractivity contribution is -0.123. The number of amides is 2. The Morgan fingerprint density at radius 2 is 2.17 bits per heavy atom. The first-order chi connectivity index (χ1) is 11.0. The number of rotatable bonds is 4. The van der Waals surface area contributed by atoms with Crippen LogP contribution < -0.4 is 10.6 Å². The SMILES string of the molecule is CCc1nc2n(n1)C(CC(=O)Nc1cc(C)ccc1C)C(=O)N2. The van der Waals surface area contributed by atoms with Gasteiger partial charge in [-0.1, -0.05) is 19.1 Å². The van der Waals surface area contributed by atoms with Crippen molar-refractivity contribution in [1.82, 2.24) is 14.8 Å². The molecule has 0 fully saturated rings. The molecule has 0 radical (unpaired) electrons. The predicted octanol–water partition coefficient (Wildman–Crippen LogP) is 1.98. The molecular weight excluding hydrogens is 294 g/mol. The summed E-state index contributed by atoms with van der Waals surface area (Å²) in [5, 5.41) is 9.81. The third-order valence-corrected chi connectivity index (χ3v) is 3.87. The van der Waals surface area contributed by atoms with Gasteiger partial charge in [-0.3, -0.25) is 14.9 Å². The second kappa shape index (κ2) is 5.83. The lowest BCUT2D eigenvalue weighted by atomic mass is 10.1. The van der Waals surface area contributed by atoms with Gasteiger partial charge in [-0.05, 0) is 31.0 Å². The summed E-state index contributed by atoms with van der Waals surface area (Å²) in [6.45, 7) is 5.84. The van der Waals surface area contributed by atoms with E-state index in [1.807, 2.05) is 39.0 Å². The molecule has 1 aromatic heterocycles. The molecule has 0 aliphatic carbocycles. The minimum Gasteiger partial charge on any atom is -0.326 e. The van der Waals surface area contributed by atoms with E-state index in [0.29, 0.717) is 18.2 Å². The first kappa shape index (κ1) is 15.2. The number of nitrogens with one attached hydrogen (secondary N) is 2. The standard InChI is InChI=1S/C16H19N5O2/c1-4-13-18-16-19-15(23)12(21(16)20-13)8-14(22)17-11-7-9(2)5-6-10(11)3/h5-7,12H,4,8H2,1-3H3,(H,17,22)(H,18,19,20,23). The number of aryl methyl sites for hydroxylation is 3. The number of benzene rings is 1. The molecule has 0 bridgehead atoms. The summed E-state index contributed by atoms with van der Waals surface area (Å²) < 4.78 is 1.50. The predicted molar refractivity (Wildman–Crippen MR) is 86.2 cm³/mol. The maximum absolute atomic E-state index is 12.3. The number of aromatic nitrogens is 3. The molecule has 3 rings (SSSR count). The second-order valence-electron chi connectivity index (χ2n) is 5.73. The summed E-state index contributed by atoms with van der Waals surface area (Å²) in [4.78, 5) is 28.5. The van der Waals surface area contributed by atoms with Crippen molar-refractivity contribution in [3.63, 3.8) is 0 Å². The van der Waals surface area contributed by atoms with Gasteiger partial charge in [0.2, 0.25) is 11.9 Å². The molecule has 23 heavy (non-hydrogen) atoms. The molecule has 1 aliphatic heterocycles. The Labute approximate surface area is 134 Å². The number of hydrogen-bond donors (Lipinski definition) is 2. The molecule has 1 unspecified atom stereocenters. The van der Waals surface area contributed by atoms with Crippen molar-refractivity contribution in [1.29, 1.82) is 0 Å². The van der Waals surface area contributed by atoms with Crippen LogP contribution in [0.2, 0.25) is 0 Å². The van der Waals surface area contributed by atoms with E-state index < -0.39 is 6.04 Å². The quantitative estimate of drug-likeness (QED) is 0.903. The van der Waals surface area contributed by atoms with E-state index in [2.05, 4.69) is 20.7 Å². The van der Waals surface area contributed by atoms with Crippen molar-refractivity contribution >= 4 is 23.5 Å². The van der Waals surface area contributed by atoms with Crippen LogP contribution in [0.15, 0.2) is 18.2 Å². The van der Waals surface area contributed by atoms with Crippen LogP contribution in [0.3, 0.4) is 0 Å². The fourth-order valence-corrected chi connectivity index (χ4v) is 2.55. The van der Waals surface area contributed by atoms with Gasteiger partial charge in [-0.2, -0.15) is 10.1 Å². The topological polar surface area (TPSA) is 88.9 Å². The van der Waals surface area contributed by atoms with Crippen molar-refractivity contribution in [2.45, 2.75) is 39.7 Å². The van der Waals surface area contributed by atoms with Crippen molar-refractivity contribution in [3.8, 4) is 0 Å². The molecular formula is C16H19N5O2. The smallest absolute Gasteiger partial charge is 0.252 e. The minimum absolute atomic E-state index is 0.0265. The van der Waals surface area contributed by atoms with E-state index in [1.54, 1.807) is 0 Å². The second-order valence-corrected chi connectivity index (χ2v) is 5.73. The Morgan fingerprint density at radius 1 is 1.39 bits per heavy atom. The van der Waals surface area contributed by atoms with Gasteiger partial charge in [0.25, 0.3) is 5.91 Å². The number of fused-ring (bicyclic) bond motifs is 1. The molecule has 7 heteroatoms. The highest BCUT2D eigenvalue weighted by molar-refractivity contribution is 6.01. The van der Waals surface area contributed by atoms with Gasteiger partial charge in [0.15, 0.2) is 5.82 Å². The van der Waals surface area contributed by atoms with Gasteiger partial charge in [0.1, 0.15) is 6.04 Å². The van der Waals surface area contributed by atoms with Gasteiger partial charge < -0.3 is 5.32 Å². The average Bonchev–Trinajstić information content (AvgIpc) is 3.02. The third-order valence-electron chi connectivity index (χ3n) is 3.87. The van der Waals surface area contributed by atoms with Crippen LogP contribution in [-0.2, 0) is 16.0 Å². The van der Waals surface area contributed by atoms with Crippen LogP contribution in [0.1, 0.15) is 36.3 Å². The fourth-order valence-electron chi connectivity index (χ4n) is 2.55. The Morgan fingerprint density at radius 3 is 2.91 bits per heavy atom. The maximum atomic E-state index is 12.3. The van der Waals surface area contributed by atoms with Crippen molar-refractivity contribution in [2.24, 2.45) is 0 Å². The highest BCUT2D eigenvalue weighted by atomic mass is 16.2. The number of nitrogens with zero attached hydrogens (tertiary/aromatic N) is 3. The van der Waals surface area contributed by atoms with Crippen LogP contribution in [0.25, 0.3) is 0 Å². The lowest BCUT2D eigenvalue weighted by Crippen LogP contribution is -2.24. The van der Waals surface area contributed by atoms with E-state index in [0.717, 1.165) is 16.8 Å². The molecule has 2 N–H and O–H groups in total. The number of anilines is 2. The zero-order chi connectivity index (χ0) is 16.6. The van der Waals surface area contributed by atoms with Crippen molar-refractivity contribution in [2.75, 3.05) is 10.6 Å². The molecule has 0 saturated heterocycles. The normalized spacial score (nSPS) is 16.1. The minimum atomic E-state index is -0.650. The van der Waals surface area contributed by atoms with E-state index in [4.69, 9.17) is 0 Å². The molecule has 1 atom stereocenters. The van der Waals surface area contributed by atoms with E-state index in [9.17, 15) is 9.59 Å². The van der Waals surface area contributed by atoms with E-state index in [1.165, 1.54) is 4.68 Å². The van der Waals surface area contributed by atoms with Crippen LogP contribution >= 0.6 is 0 Å². The summed E-state index contributed by atoms with van der Waals surface area (Å²) in [6.07, 6.45) is 0.704. The van der Waals surface area contributed by atoms with Crippen molar-refractivity contribution < 1.29 is 9.59 Å². The van der Waals surface area contributed by atoms with E-state index in [-0.39, 0.29) is 18.2 Å². The highest BCUT2D eigenvalue weighted by Gasteiger charge is 2.34. The third kappa shape index (κ3) is 2.94. The van der Waals surface area contributed by atoms with Gasteiger partial charge >= 0.3 is 0 Å². The molecule has 0 spiro atoms. The van der Waals surface area contributed by atoms with E-state index >= 15 is 0 Å². The summed E-state index contributed by atoms with van der Waals surface area (Å²) in [5.74, 6) is 0.593. The number of carbonyl (C=O) groups is 2. The zero-order valence-electron chi connectivity index (χ0n) is 13.4. The fraction of sp³-hybridized carbons (Fsp3) is 0.375. The first-order valence-electron chi connectivity index (χ1n) is 7.61. The Balaban J connectivity index is 1.74. The summed E-state index contributed by atoms with van der Waals surface area (Å²) in [7, 11) is 0. The van der Waals surface area contributed by atoms with Crippen LogP contribution in [-0.4, -0.2) is 26.6 Å². The van der Waals surface area contributed by atoms with Crippen molar-refractivity contribution in [3.05, 3.63) is 35.2 Å². The van der Waals surface area contributed by atoms with Gasteiger partial charge in [-0.15, -0.1) is 0 Å². The number of carbonyl (C=O) groups excluding carboxylic acids is 2. The summed E-state index contributed by atoms with van der Waals surface area (Å²) >= 11 is 0. The molecule has 2 heterocycles. The first-order valence-corrected chi connectivity index (χ1v) is 7.61. The number of hydrogen-bond acceptors (Lipinski definition) is 4. The molecule has 2 amide bonds.